The Hall–Kier alpha value is -1.05. The third-order valence-electron chi connectivity index (χ3n) is 4.93. The second-order valence-corrected chi connectivity index (χ2v) is 6.17. The van der Waals surface area contributed by atoms with Crippen LogP contribution in [0.15, 0.2) is 23.8 Å². The lowest BCUT2D eigenvalue weighted by Crippen LogP contribution is -2.38. The van der Waals surface area contributed by atoms with E-state index in [2.05, 4.69) is 26.5 Å². The minimum absolute atomic E-state index is 0.0500. The van der Waals surface area contributed by atoms with Crippen molar-refractivity contribution in [3.63, 3.8) is 0 Å². The first-order valence-corrected chi connectivity index (χ1v) is 6.63. The van der Waals surface area contributed by atoms with E-state index >= 15 is 0 Å². The SMILES string of the molecule is C=C1C(=O)O[C@@H]2C[C@@]3(C)CCC[C@@H](C)C3=C[C@H]12. The average Bonchev–Trinajstić information content (AvgIpc) is 2.52. The zero-order valence-corrected chi connectivity index (χ0v) is 10.7. The predicted octanol–water partition coefficient (Wildman–Crippen LogP) is 3.24. The maximum atomic E-state index is 11.6. The molecule has 0 bridgehead atoms. The number of hydrogen-bond acceptors (Lipinski definition) is 2. The minimum atomic E-state index is -0.188. The molecule has 3 aliphatic rings. The van der Waals surface area contributed by atoms with Gasteiger partial charge in [-0.2, -0.15) is 0 Å². The van der Waals surface area contributed by atoms with Gasteiger partial charge in [-0.25, -0.2) is 4.79 Å². The molecule has 1 heterocycles. The van der Waals surface area contributed by atoms with E-state index in [9.17, 15) is 4.79 Å². The summed E-state index contributed by atoms with van der Waals surface area (Å²) in [5, 5.41) is 0. The molecule has 0 aromatic carbocycles. The zero-order chi connectivity index (χ0) is 12.2. The van der Waals surface area contributed by atoms with Crippen LogP contribution in [-0.2, 0) is 9.53 Å². The summed E-state index contributed by atoms with van der Waals surface area (Å²) in [5.74, 6) is 0.607. The van der Waals surface area contributed by atoms with E-state index in [0.29, 0.717) is 11.5 Å². The lowest BCUT2D eigenvalue weighted by molar-refractivity contribution is -0.140. The first-order valence-electron chi connectivity index (χ1n) is 6.63. The van der Waals surface area contributed by atoms with Gasteiger partial charge in [0.2, 0.25) is 0 Å². The van der Waals surface area contributed by atoms with Crippen molar-refractivity contribution in [1.29, 1.82) is 0 Å². The third-order valence-corrected chi connectivity index (χ3v) is 4.93. The summed E-state index contributed by atoms with van der Waals surface area (Å²) in [6.07, 6.45) is 7.13. The Morgan fingerprint density at radius 2 is 2.29 bits per heavy atom. The van der Waals surface area contributed by atoms with Crippen molar-refractivity contribution in [3.8, 4) is 0 Å². The maximum Gasteiger partial charge on any atom is 0.334 e. The van der Waals surface area contributed by atoms with Crippen LogP contribution in [0.25, 0.3) is 0 Å². The molecule has 92 valence electrons. The second-order valence-electron chi connectivity index (χ2n) is 6.17. The monoisotopic (exact) mass is 232 g/mol. The summed E-state index contributed by atoms with van der Waals surface area (Å²) in [5.41, 5.74) is 2.45. The predicted molar refractivity (Wildman–Crippen MR) is 66.3 cm³/mol. The van der Waals surface area contributed by atoms with Crippen molar-refractivity contribution in [3.05, 3.63) is 23.8 Å². The second kappa shape index (κ2) is 3.47. The molecule has 2 heteroatoms. The maximum absolute atomic E-state index is 11.6. The Morgan fingerprint density at radius 1 is 1.53 bits per heavy atom. The molecule has 1 saturated carbocycles. The molecule has 2 nitrogen and oxygen atoms in total. The number of esters is 1. The Labute approximate surface area is 103 Å². The number of rotatable bonds is 0. The molecule has 0 N–H and O–H groups in total. The highest BCUT2D eigenvalue weighted by atomic mass is 16.6. The highest BCUT2D eigenvalue weighted by molar-refractivity contribution is 5.91. The molecule has 3 rings (SSSR count). The van der Waals surface area contributed by atoms with E-state index in [-0.39, 0.29) is 23.4 Å². The number of carbonyl (C=O) groups is 1. The van der Waals surface area contributed by atoms with Crippen molar-refractivity contribution in [2.75, 3.05) is 0 Å². The fourth-order valence-corrected chi connectivity index (χ4v) is 3.94. The average molecular weight is 232 g/mol. The molecule has 4 atom stereocenters. The zero-order valence-electron chi connectivity index (χ0n) is 10.7. The van der Waals surface area contributed by atoms with Crippen LogP contribution in [-0.4, -0.2) is 12.1 Å². The van der Waals surface area contributed by atoms with Crippen LogP contribution in [0.3, 0.4) is 0 Å². The van der Waals surface area contributed by atoms with E-state index in [1.165, 1.54) is 19.3 Å². The molecule has 0 spiro atoms. The first kappa shape index (κ1) is 11.1. The Balaban J connectivity index is 2.01. The van der Waals surface area contributed by atoms with E-state index in [1.54, 1.807) is 5.57 Å². The van der Waals surface area contributed by atoms with Crippen LogP contribution < -0.4 is 0 Å². The van der Waals surface area contributed by atoms with Gasteiger partial charge in [0.15, 0.2) is 0 Å². The van der Waals surface area contributed by atoms with Crippen molar-refractivity contribution >= 4 is 5.97 Å². The summed E-state index contributed by atoms with van der Waals surface area (Å²) in [6.45, 7) is 8.53. The molecule has 1 aliphatic heterocycles. The number of ether oxygens (including phenoxy) is 1. The molecule has 0 unspecified atom stereocenters. The molecular formula is C15H20O2. The van der Waals surface area contributed by atoms with Crippen LogP contribution in [0.2, 0.25) is 0 Å². The Morgan fingerprint density at radius 3 is 3.06 bits per heavy atom. The van der Waals surface area contributed by atoms with E-state index in [0.717, 1.165) is 6.42 Å². The van der Waals surface area contributed by atoms with Gasteiger partial charge in [0.1, 0.15) is 6.10 Å². The topological polar surface area (TPSA) is 26.3 Å². The van der Waals surface area contributed by atoms with Gasteiger partial charge < -0.3 is 4.74 Å². The fraction of sp³-hybridized carbons (Fsp3) is 0.667. The van der Waals surface area contributed by atoms with Crippen LogP contribution in [0, 0.1) is 17.3 Å². The largest absolute Gasteiger partial charge is 0.458 e. The van der Waals surface area contributed by atoms with Crippen molar-refractivity contribution in [2.24, 2.45) is 17.3 Å². The van der Waals surface area contributed by atoms with Gasteiger partial charge >= 0.3 is 5.97 Å². The quantitative estimate of drug-likeness (QED) is 0.364. The highest BCUT2D eigenvalue weighted by Gasteiger charge is 2.48. The Kier molecular flexibility index (Phi) is 2.26. The summed E-state index contributed by atoms with van der Waals surface area (Å²) < 4.78 is 5.44. The van der Waals surface area contributed by atoms with Gasteiger partial charge in [0.25, 0.3) is 0 Å². The van der Waals surface area contributed by atoms with Gasteiger partial charge in [0, 0.05) is 11.5 Å². The van der Waals surface area contributed by atoms with Gasteiger partial charge in [-0.1, -0.05) is 38.5 Å². The van der Waals surface area contributed by atoms with E-state index in [1.807, 2.05) is 0 Å². The van der Waals surface area contributed by atoms with E-state index < -0.39 is 0 Å². The lowest BCUT2D eigenvalue weighted by Gasteiger charge is -2.45. The normalized spacial score (nSPS) is 44.8. The van der Waals surface area contributed by atoms with Crippen LogP contribution in [0.1, 0.15) is 39.5 Å². The van der Waals surface area contributed by atoms with Crippen molar-refractivity contribution < 1.29 is 9.53 Å². The minimum Gasteiger partial charge on any atom is -0.458 e. The van der Waals surface area contributed by atoms with Crippen LogP contribution in [0.5, 0.6) is 0 Å². The lowest BCUT2D eigenvalue weighted by atomic mass is 9.60. The molecule has 2 aliphatic carbocycles. The van der Waals surface area contributed by atoms with Crippen molar-refractivity contribution in [2.45, 2.75) is 45.6 Å². The van der Waals surface area contributed by atoms with Gasteiger partial charge in [-0.05, 0) is 30.6 Å². The highest BCUT2D eigenvalue weighted by Crippen LogP contribution is 2.53. The molecule has 1 saturated heterocycles. The third kappa shape index (κ3) is 1.50. The molecular weight excluding hydrogens is 212 g/mol. The molecule has 0 amide bonds. The molecule has 17 heavy (non-hydrogen) atoms. The van der Waals surface area contributed by atoms with Crippen LogP contribution >= 0.6 is 0 Å². The molecule has 0 radical (unpaired) electrons. The van der Waals surface area contributed by atoms with Crippen molar-refractivity contribution in [1.82, 2.24) is 0 Å². The van der Waals surface area contributed by atoms with Gasteiger partial charge in [0.05, 0.1) is 0 Å². The molecule has 0 aromatic heterocycles. The smallest absolute Gasteiger partial charge is 0.334 e. The number of allylic oxidation sites excluding steroid dienone is 1. The number of carbonyl (C=O) groups excluding carboxylic acids is 1. The first-order chi connectivity index (χ1) is 8.01. The van der Waals surface area contributed by atoms with Gasteiger partial charge in [-0.15, -0.1) is 0 Å². The van der Waals surface area contributed by atoms with Crippen LogP contribution in [0.4, 0.5) is 0 Å². The summed E-state index contributed by atoms with van der Waals surface area (Å²) >= 11 is 0. The number of fused-ring (bicyclic) bond motifs is 2. The molecule has 2 fully saturated rings. The Bertz CT molecular complexity index is 421. The number of hydrogen-bond donors (Lipinski definition) is 0. The van der Waals surface area contributed by atoms with Gasteiger partial charge in [-0.3, -0.25) is 0 Å². The van der Waals surface area contributed by atoms with E-state index in [4.69, 9.17) is 4.74 Å². The summed E-state index contributed by atoms with van der Waals surface area (Å²) in [6, 6.07) is 0. The summed E-state index contributed by atoms with van der Waals surface area (Å²) in [7, 11) is 0. The summed E-state index contributed by atoms with van der Waals surface area (Å²) in [4.78, 5) is 11.6. The standard InChI is InChI=1S/C15H20O2/c1-9-5-4-6-15(3)8-13-11(7-12(9)15)10(2)14(16)17-13/h7,9,11,13H,2,4-6,8H2,1,3H3/t9-,11-,13-,15-/m1/s1. The molecule has 0 aromatic rings. The fourth-order valence-electron chi connectivity index (χ4n) is 3.94.